The van der Waals surface area contributed by atoms with Gasteiger partial charge in [-0.1, -0.05) is 164 Å². The summed E-state index contributed by atoms with van der Waals surface area (Å²) < 4.78 is 2.40. The smallest absolute Gasteiger partial charge is 0.131 e. The number of nitrogens with one attached hydrogen (secondary N) is 2. The molecule has 1 aliphatic rings. The molecule has 9 aromatic carbocycles. The average molecular weight is 731 g/mol. The predicted molar refractivity (Wildman–Crippen MR) is 238 cm³/mol. The molecule has 2 unspecified atom stereocenters. The van der Waals surface area contributed by atoms with Crippen molar-refractivity contribution in [3.63, 3.8) is 0 Å². The van der Waals surface area contributed by atoms with Crippen LogP contribution in [0.25, 0.3) is 71.3 Å². The summed E-state index contributed by atoms with van der Waals surface area (Å²) in [5.74, 6) is 0.869. The number of rotatable bonds is 6. The zero-order valence-electron chi connectivity index (χ0n) is 31.2. The molecular formula is C53H38N4. The monoisotopic (exact) mass is 730 g/mol. The second kappa shape index (κ2) is 13.8. The molecule has 0 aliphatic carbocycles. The quantitative estimate of drug-likeness (QED) is 0.179. The van der Waals surface area contributed by atoms with Gasteiger partial charge in [0.1, 0.15) is 18.2 Å². The topological polar surface area (TPSA) is 41.4 Å². The minimum absolute atomic E-state index is 0.0844. The second-order valence-electron chi connectivity index (χ2n) is 14.8. The number of para-hydroxylation sites is 1. The Morgan fingerprint density at radius 2 is 1.00 bits per heavy atom. The van der Waals surface area contributed by atoms with Gasteiger partial charge in [-0.2, -0.15) is 0 Å². The third kappa shape index (κ3) is 5.78. The fourth-order valence-corrected chi connectivity index (χ4v) is 8.75. The highest BCUT2D eigenvalue weighted by Crippen LogP contribution is 2.41. The van der Waals surface area contributed by atoms with Crippen molar-refractivity contribution in [1.82, 2.24) is 15.2 Å². The Balaban J connectivity index is 1.02. The summed E-state index contributed by atoms with van der Waals surface area (Å²) in [6.07, 6.45) is -0.262. The Bertz CT molecular complexity index is 3110. The maximum Gasteiger partial charge on any atom is 0.131 e. The standard InChI is InChI=1S/C53H38N4/c1-4-14-35(15-5-1)42-31-32-43(45-21-11-10-20-44(42)45)40-25-24-36-28-33-49-50(47(36)34-40)46-22-12-13-23-48(46)57(49)41-29-26-39(27-30-41)53-55-51(37-16-6-2-7-17-37)54-52(56-53)38-18-8-3-9-19-38/h1-34,51-52,54H,(H,55,56). The number of fused-ring (bicyclic) bond motifs is 6. The minimum atomic E-state index is -0.178. The summed E-state index contributed by atoms with van der Waals surface area (Å²) in [4.78, 5) is 5.18. The summed E-state index contributed by atoms with van der Waals surface area (Å²) in [5.41, 5.74) is 11.8. The lowest BCUT2D eigenvalue weighted by molar-refractivity contribution is 0.409. The van der Waals surface area contributed by atoms with E-state index in [1.165, 1.54) is 71.2 Å². The van der Waals surface area contributed by atoms with Gasteiger partial charge in [0.15, 0.2) is 0 Å². The number of hydrogen-bond acceptors (Lipinski definition) is 3. The van der Waals surface area contributed by atoms with Gasteiger partial charge >= 0.3 is 0 Å². The Hall–Kier alpha value is -7.27. The first kappa shape index (κ1) is 33.1. The second-order valence-corrected chi connectivity index (χ2v) is 14.8. The molecule has 270 valence electrons. The number of benzene rings is 9. The van der Waals surface area contributed by atoms with E-state index in [1.54, 1.807) is 0 Å². The molecule has 2 N–H and O–H groups in total. The van der Waals surface area contributed by atoms with Crippen LogP contribution in [0.1, 0.15) is 29.0 Å². The lowest BCUT2D eigenvalue weighted by Crippen LogP contribution is -2.44. The Labute approximate surface area is 331 Å². The van der Waals surface area contributed by atoms with Crippen LogP contribution < -0.4 is 10.6 Å². The molecule has 0 radical (unpaired) electrons. The van der Waals surface area contributed by atoms with Crippen LogP contribution in [0.15, 0.2) is 211 Å². The molecule has 0 spiro atoms. The largest absolute Gasteiger partial charge is 0.350 e. The molecular weight excluding hydrogens is 693 g/mol. The van der Waals surface area contributed by atoms with Crippen LogP contribution in [-0.4, -0.2) is 10.4 Å². The average Bonchev–Trinajstić information content (AvgIpc) is 3.64. The Morgan fingerprint density at radius 3 is 1.72 bits per heavy atom. The molecule has 2 heterocycles. The molecule has 0 fully saturated rings. The Kier molecular flexibility index (Phi) is 8.01. The lowest BCUT2D eigenvalue weighted by atomic mass is 9.91. The molecule has 2 atom stereocenters. The van der Waals surface area contributed by atoms with Crippen molar-refractivity contribution >= 4 is 49.2 Å². The van der Waals surface area contributed by atoms with E-state index in [9.17, 15) is 0 Å². The van der Waals surface area contributed by atoms with Gasteiger partial charge in [0.2, 0.25) is 0 Å². The summed E-state index contributed by atoms with van der Waals surface area (Å²) in [6.45, 7) is 0. The molecule has 1 aromatic heterocycles. The van der Waals surface area contributed by atoms with E-state index in [0.717, 1.165) is 22.6 Å². The first-order valence-electron chi connectivity index (χ1n) is 19.6. The fourth-order valence-electron chi connectivity index (χ4n) is 8.75. The summed E-state index contributed by atoms with van der Waals surface area (Å²) in [6, 6.07) is 74.2. The van der Waals surface area contributed by atoms with E-state index in [-0.39, 0.29) is 12.3 Å². The molecule has 1 aliphatic heterocycles. The van der Waals surface area contributed by atoms with Crippen LogP contribution in [0.4, 0.5) is 0 Å². The van der Waals surface area contributed by atoms with Crippen LogP contribution in [-0.2, 0) is 0 Å². The molecule has 10 aromatic rings. The van der Waals surface area contributed by atoms with Gasteiger partial charge in [-0.15, -0.1) is 0 Å². The van der Waals surface area contributed by atoms with Crippen LogP contribution in [0.2, 0.25) is 0 Å². The van der Waals surface area contributed by atoms with Crippen molar-refractivity contribution in [2.45, 2.75) is 12.3 Å². The number of hydrogen-bond donors (Lipinski definition) is 2. The van der Waals surface area contributed by atoms with E-state index in [1.807, 2.05) is 6.07 Å². The summed E-state index contributed by atoms with van der Waals surface area (Å²) in [7, 11) is 0. The van der Waals surface area contributed by atoms with Crippen molar-refractivity contribution in [2.24, 2.45) is 4.99 Å². The lowest BCUT2D eigenvalue weighted by Gasteiger charge is -2.32. The van der Waals surface area contributed by atoms with Crippen LogP contribution in [0, 0.1) is 0 Å². The van der Waals surface area contributed by atoms with Gasteiger partial charge in [0.05, 0.1) is 11.0 Å². The molecule has 4 nitrogen and oxygen atoms in total. The van der Waals surface area contributed by atoms with Gasteiger partial charge in [0.25, 0.3) is 0 Å². The normalized spacial score (nSPS) is 15.5. The summed E-state index contributed by atoms with van der Waals surface area (Å²) in [5, 5.41) is 14.9. The fraction of sp³-hybridized carbons (Fsp3) is 0.0377. The van der Waals surface area contributed by atoms with E-state index in [4.69, 9.17) is 4.99 Å². The maximum atomic E-state index is 5.18. The van der Waals surface area contributed by atoms with Crippen LogP contribution in [0.5, 0.6) is 0 Å². The highest BCUT2D eigenvalue weighted by atomic mass is 15.3. The Morgan fingerprint density at radius 1 is 0.421 bits per heavy atom. The van der Waals surface area contributed by atoms with E-state index in [0.29, 0.717) is 0 Å². The molecule has 11 rings (SSSR count). The van der Waals surface area contributed by atoms with Crippen molar-refractivity contribution in [3.05, 3.63) is 223 Å². The number of aliphatic imine (C=N–C) groups is 1. The van der Waals surface area contributed by atoms with E-state index >= 15 is 0 Å². The SMILES string of the molecule is c1ccc(-c2ccc(-c3ccc4ccc5c(c4c3)c3ccccc3n5-c3ccc(C4=NC(c5ccccc5)NC(c5ccccc5)N4)cc3)c3ccccc23)cc1. The third-order valence-electron chi connectivity index (χ3n) is 11.5. The van der Waals surface area contributed by atoms with Gasteiger partial charge < -0.3 is 9.88 Å². The molecule has 4 heteroatoms. The molecule has 0 amide bonds. The molecule has 0 saturated heterocycles. The predicted octanol–water partition coefficient (Wildman–Crippen LogP) is 12.8. The first-order valence-corrected chi connectivity index (χ1v) is 19.6. The minimum Gasteiger partial charge on any atom is -0.350 e. The van der Waals surface area contributed by atoms with Crippen molar-refractivity contribution in [3.8, 4) is 27.9 Å². The summed E-state index contributed by atoms with van der Waals surface area (Å²) >= 11 is 0. The van der Waals surface area contributed by atoms with Crippen LogP contribution >= 0.6 is 0 Å². The molecule has 0 bridgehead atoms. The van der Waals surface area contributed by atoms with Crippen molar-refractivity contribution in [1.29, 1.82) is 0 Å². The third-order valence-corrected chi connectivity index (χ3v) is 11.5. The van der Waals surface area contributed by atoms with E-state index in [2.05, 4.69) is 215 Å². The zero-order chi connectivity index (χ0) is 37.7. The molecule has 57 heavy (non-hydrogen) atoms. The van der Waals surface area contributed by atoms with Crippen LogP contribution in [0.3, 0.4) is 0 Å². The van der Waals surface area contributed by atoms with E-state index < -0.39 is 0 Å². The highest BCUT2D eigenvalue weighted by molar-refractivity contribution is 6.22. The highest BCUT2D eigenvalue weighted by Gasteiger charge is 2.25. The van der Waals surface area contributed by atoms with Gasteiger partial charge in [-0.25, -0.2) is 4.99 Å². The maximum absolute atomic E-state index is 5.18. The van der Waals surface area contributed by atoms with Crippen molar-refractivity contribution < 1.29 is 0 Å². The number of nitrogens with zero attached hydrogens (tertiary/aromatic N) is 2. The van der Waals surface area contributed by atoms with Gasteiger partial charge in [-0.3, -0.25) is 5.32 Å². The zero-order valence-corrected chi connectivity index (χ0v) is 31.2. The number of aromatic nitrogens is 1. The first-order chi connectivity index (χ1) is 28.3. The number of amidine groups is 1. The molecule has 0 saturated carbocycles. The van der Waals surface area contributed by atoms with Gasteiger partial charge in [0, 0.05) is 22.0 Å². The van der Waals surface area contributed by atoms with Crippen molar-refractivity contribution in [2.75, 3.05) is 0 Å². The van der Waals surface area contributed by atoms with Gasteiger partial charge in [-0.05, 0) is 97.4 Å².